The van der Waals surface area contributed by atoms with E-state index in [1.54, 1.807) is 30.5 Å². The molecule has 0 aliphatic carbocycles. The van der Waals surface area contributed by atoms with Crippen molar-refractivity contribution in [2.75, 3.05) is 20.0 Å². The maximum Gasteiger partial charge on any atom is 0.343 e. The largest absolute Gasteiger partial charge is 0.482 e. The van der Waals surface area contributed by atoms with Gasteiger partial charge < -0.3 is 14.5 Å². The summed E-state index contributed by atoms with van der Waals surface area (Å²) in [4.78, 5) is 29.9. The topological polar surface area (TPSA) is 105 Å². The zero-order valence-corrected chi connectivity index (χ0v) is 13.3. The number of nitrogens with one attached hydrogen (secondary N) is 1. The third-order valence-corrected chi connectivity index (χ3v) is 3.47. The fourth-order valence-corrected chi connectivity index (χ4v) is 2.17. The van der Waals surface area contributed by atoms with Gasteiger partial charge in [-0.1, -0.05) is 23.9 Å². The van der Waals surface area contributed by atoms with Crippen LogP contribution < -0.4 is 10.3 Å². The smallest absolute Gasteiger partial charge is 0.343 e. The number of thioether (sulfide) groups is 1. The van der Waals surface area contributed by atoms with Gasteiger partial charge in [0.05, 0.1) is 12.8 Å². The first kappa shape index (κ1) is 16.6. The van der Waals surface area contributed by atoms with E-state index < -0.39 is 11.5 Å². The second kappa shape index (κ2) is 7.47. The minimum absolute atomic E-state index is 0.0760. The van der Waals surface area contributed by atoms with Gasteiger partial charge in [0.25, 0.3) is 5.56 Å². The molecule has 0 bridgehead atoms. The predicted octanol–water partition coefficient (Wildman–Crippen LogP) is 1.58. The Hall–Kier alpha value is -2.79. The predicted molar refractivity (Wildman–Crippen MR) is 84.3 cm³/mol. The van der Waals surface area contributed by atoms with Gasteiger partial charge in [-0.3, -0.25) is 4.79 Å². The molecular weight excluding hydrogens is 318 g/mol. The number of H-pyrrole nitrogens is 1. The first-order valence-corrected chi connectivity index (χ1v) is 7.70. The number of ether oxygens (including phenoxy) is 2. The van der Waals surface area contributed by atoms with Crippen molar-refractivity contribution in [3.8, 4) is 23.1 Å². The quantitative estimate of drug-likeness (QED) is 0.504. The molecule has 0 saturated carbocycles. The summed E-state index contributed by atoms with van der Waals surface area (Å²) >= 11 is 1.26. The number of benzene rings is 1. The molecule has 0 spiro atoms. The van der Waals surface area contributed by atoms with E-state index in [0.29, 0.717) is 16.5 Å². The Labute approximate surface area is 136 Å². The molecule has 1 N–H and O–H groups in total. The fraction of sp³-hybridized carbons (Fsp3) is 0.200. The molecular formula is C15H13N3O4S. The molecule has 0 atom stereocenters. The summed E-state index contributed by atoms with van der Waals surface area (Å²) in [6.45, 7) is -0.232. The van der Waals surface area contributed by atoms with E-state index in [1.807, 2.05) is 6.07 Å². The van der Waals surface area contributed by atoms with Crippen LogP contribution in [0.4, 0.5) is 0 Å². The van der Waals surface area contributed by atoms with Gasteiger partial charge in [0.2, 0.25) is 0 Å². The normalized spacial score (nSPS) is 9.96. The molecule has 118 valence electrons. The molecule has 0 aliphatic rings. The van der Waals surface area contributed by atoms with Crippen LogP contribution in [0, 0.1) is 11.3 Å². The lowest BCUT2D eigenvalue weighted by molar-refractivity contribution is -0.142. The molecule has 2 aromatic rings. The van der Waals surface area contributed by atoms with Crippen molar-refractivity contribution in [3.05, 3.63) is 40.2 Å². The SMILES string of the molecule is COC(=O)COc1cccc(-c2nc(SC)[nH]c(=O)c2C#N)c1. The van der Waals surface area contributed by atoms with Crippen LogP contribution >= 0.6 is 11.8 Å². The second-order valence-corrected chi connectivity index (χ2v) is 5.10. The summed E-state index contributed by atoms with van der Waals surface area (Å²) < 4.78 is 9.81. The number of carbonyl (C=O) groups excluding carboxylic acids is 1. The molecule has 1 heterocycles. The number of hydrogen-bond donors (Lipinski definition) is 1. The number of nitrogens with zero attached hydrogens (tertiary/aromatic N) is 2. The zero-order chi connectivity index (χ0) is 16.8. The van der Waals surface area contributed by atoms with E-state index in [4.69, 9.17) is 4.74 Å². The lowest BCUT2D eigenvalue weighted by Crippen LogP contribution is -2.15. The number of hydrogen-bond acceptors (Lipinski definition) is 7. The van der Waals surface area contributed by atoms with Crippen LogP contribution in [-0.4, -0.2) is 35.9 Å². The molecule has 8 heteroatoms. The summed E-state index contributed by atoms with van der Waals surface area (Å²) in [6.07, 6.45) is 1.77. The van der Waals surface area contributed by atoms with Crippen LogP contribution in [0.15, 0.2) is 34.2 Å². The molecule has 0 unspecified atom stereocenters. The van der Waals surface area contributed by atoms with Gasteiger partial charge in [0.1, 0.15) is 17.4 Å². The number of aromatic amines is 1. The van der Waals surface area contributed by atoms with Crippen LogP contribution in [-0.2, 0) is 9.53 Å². The van der Waals surface area contributed by atoms with Crippen LogP contribution in [0.25, 0.3) is 11.3 Å². The van der Waals surface area contributed by atoms with Crippen molar-refractivity contribution < 1.29 is 14.3 Å². The van der Waals surface area contributed by atoms with E-state index in [0.717, 1.165) is 0 Å². The van der Waals surface area contributed by atoms with Gasteiger partial charge in [-0.15, -0.1) is 0 Å². The van der Waals surface area contributed by atoms with E-state index in [-0.39, 0.29) is 17.9 Å². The Morgan fingerprint density at radius 2 is 2.26 bits per heavy atom. The monoisotopic (exact) mass is 331 g/mol. The number of esters is 1. The Morgan fingerprint density at radius 1 is 1.48 bits per heavy atom. The van der Waals surface area contributed by atoms with Crippen LogP contribution in [0.3, 0.4) is 0 Å². The Kier molecular flexibility index (Phi) is 5.38. The summed E-state index contributed by atoms with van der Waals surface area (Å²) in [7, 11) is 1.27. The number of aromatic nitrogens is 2. The fourth-order valence-electron chi connectivity index (χ4n) is 1.80. The minimum atomic E-state index is -0.507. The number of rotatable bonds is 5. The van der Waals surface area contributed by atoms with E-state index in [2.05, 4.69) is 14.7 Å². The van der Waals surface area contributed by atoms with Gasteiger partial charge in [-0.2, -0.15) is 5.26 Å². The van der Waals surface area contributed by atoms with Gasteiger partial charge in [-0.05, 0) is 18.4 Å². The Balaban J connectivity index is 2.43. The highest BCUT2D eigenvalue weighted by atomic mass is 32.2. The third kappa shape index (κ3) is 3.90. The van der Waals surface area contributed by atoms with Crippen LogP contribution in [0.2, 0.25) is 0 Å². The average Bonchev–Trinajstić information content (AvgIpc) is 2.59. The highest BCUT2D eigenvalue weighted by Crippen LogP contribution is 2.25. The van der Waals surface area contributed by atoms with Crippen molar-refractivity contribution in [2.24, 2.45) is 0 Å². The van der Waals surface area contributed by atoms with Crippen molar-refractivity contribution >= 4 is 17.7 Å². The standard InChI is InChI=1S/C15H13N3O4S/c1-21-12(19)8-22-10-5-3-4-9(6-10)13-11(7-16)14(20)18-15(17-13)23-2/h3-6H,8H2,1-2H3,(H,17,18,20). The molecule has 23 heavy (non-hydrogen) atoms. The molecule has 1 aromatic carbocycles. The van der Waals surface area contributed by atoms with Crippen molar-refractivity contribution in [1.82, 2.24) is 9.97 Å². The maximum atomic E-state index is 11.9. The average molecular weight is 331 g/mol. The van der Waals surface area contributed by atoms with E-state index >= 15 is 0 Å². The van der Waals surface area contributed by atoms with Gasteiger partial charge >= 0.3 is 5.97 Å². The summed E-state index contributed by atoms with van der Waals surface area (Å²) in [6, 6.07) is 8.51. The number of nitriles is 1. The van der Waals surface area contributed by atoms with E-state index in [9.17, 15) is 14.9 Å². The summed E-state index contributed by atoms with van der Waals surface area (Å²) in [5, 5.41) is 9.60. The Morgan fingerprint density at radius 3 is 2.91 bits per heavy atom. The van der Waals surface area contributed by atoms with Gasteiger partial charge in [0, 0.05) is 5.56 Å². The number of carbonyl (C=O) groups is 1. The lowest BCUT2D eigenvalue weighted by atomic mass is 10.1. The van der Waals surface area contributed by atoms with Crippen molar-refractivity contribution in [2.45, 2.75) is 5.16 Å². The zero-order valence-electron chi connectivity index (χ0n) is 12.5. The molecule has 0 amide bonds. The van der Waals surface area contributed by atoms with Gasteiger partial charge in [-0.25, -0.2) is 9.78 Å². The highest BCUT2D eigenvalue weighted by molar-refractivity contribution is 7.98. The highest BCUT2D eigenvalue weighted by Gasteiger charge is 2.14. The molecule has 1 aromatic heterocycles. The molecule has 2 rings (SSSR count). The summed E-state index contributed by atoms with van der Waals surface area (Å²) in [5.41, 5.74) is 0.241. The third-order valence-electron chi connectivity index (χ3n) is 2.89. The van der Waals surface area contributed by atoms with Crippen LogP contribution in [0.5, 0.6) is 5.75 Å². The second-order valence-electron chi connectivity index (χ2n) is 4.30. The molecule has 0 fully saturated rings. The molecule has 0 aliphatic heterocycles. The molecule has 7 nitrogen and oxygen atoms in total. The summed E-state index contributed by atoms with van der Waals surface area (Å²) in [5.74, 6) is -0.100. The van der Waals surface area contributed by atoms with Crippen LogP contribution in [0.1, 0.15) is 5.56 Å². The first-order valence-electron chi connectivity index (χ1n) is 6.47. The first-order chi connectivity index (χ1) is 11.1. The van der Waals surface area contributed by atoms with Crippen molar-refractivity contribution in [1.29, 1.82) is 5.26 Å². The molecule has 0 saturated heterocycles. The number of methoxy groups -OCH3 is 1. The molecule has 0 radical (unpaired) electrons. The maximum absolute atomic E-state index is 11.9. The Bertz CT molecular complexity index is 826. The minimum Gasteiger partial charge on any atom is -0.482 e. The van der Waals surface area contributed by atoms with E-state index in [1.165, 1.54) is 18.9 Å². The van der Waals surface area contributed by atoms with Gasteiger partial charge in [0.15, 0.2) is 11.8 Å². The lowest BCUT2D eigenvalue weighted by Gasteiger charge is -2.08. The van der Waals surface area contributed by atoms with Crippen molar-refractivity contribution in [3.63, 3.8) is 0 Å².